The first-order valence-corrected chi connectivity index (χ1v) is 33.1. The second-order valence-electron chi connectivity index (χ2n) is 26.1. The summed E-state index contributed by atoms with van der Waals surface area (Å²) in [6.45, 7) is -3.40. The van der Waals surface area contributed by atoms with Gasteiger partial charge in [0.05, 0.1) is 52.9 Å². The molecule has 8 rings (SSSR count). The zero-order chi connectivity index (χ0) is 76.8. The van der Waals surface area contributed by atoms with Crippen molar-refractivity contribution in [2.24, 2.45) is 0 Å². The summed E-state index contributed by atoms with van der Waals surface area (Å²) >= 11 is 0. The van der Waals surface area contributed by atoms with E-state index in [1.54, 1.807) is 0 Å². The van der Waals surface area contributed by atoms with E-state index in [0.29, 0.717) is 0 Å². The highest BCUT2D eigenvalue weighted by atomic mass is 16.8. The van der Waals surface area contributed by atoms with Crippen molar-refractivity contribution in [3.8, 4) is 0 Å². The summed E-state index contributed by atoms with van der Waals surface area (Å²) in [6.07, 6.45) is -71.6. The summed E-state index contributed by atoms with van der Waals surface area (Å²) in [5.41, 5.74) is 0. The van der Waals surface area contributed by atoms with Crippen LogP contribution in [0.5, 0.6) is 0 Å². The van der Waals surface area contributed by atoms with Gasteiger partial charge in [0, 0.05) is 34.6 Å². The van der Waals surface area contributed by atoms with Gasteiger partial charge < -0.3 is 205 Å². The maximum absolute atomic E-state index is 13.0. The molecule has 8 aliphatic heterocycles. The third kappa shape index (κ3) is 19.4. The number of hydrogen-bond acceptors (Lipinski definition) is 41. The lowest BCUT2D eigenvalue weighted by atomic mass is 9.93. The number of ether oxygens (including phenoxy) is 15. The molecule has 600 valence electrons. The quantitative estimate of drug-likeness (QED) is 0.0363. The third-order valence-corrected chi connectivity index (χ3v) is 18.6. The van der Waals surface area contributed by atoms with E-state index in [2.05, 4.69) is 26.6 Å². The van der Waals surface area contributed by atoms with Crippen LogP contribution in [0.25, 0.3) is 0 Å². The van der Waals surface area contributed by atoms with Gasteiger partial charge >= 0.3 is 0 Å². The van der Waals surface area contributed by atoms with Gasteiger partial charge in [-0.2, -0.15) is 0 Å². The van der Waals surface area contributed by atoms with Crippen LogP contribution in [0, 0.1) is 0 Å². The molecular formula is C58H97N5O41. The summed E-state index contributed by atoms with van der Waals surface area (Å²) in [4.78, 5) is 62.4. The number of amides is 5. The molecule has 40 atom stereocenters. The van der Waals surface area contributed by atoms with E-state index < -0.39 is 328 Å². The smallest absolute Gasteiger partial charge is 0.217 e. The predicted molar refractivity (Wildman–Crippen MR) is 322 cm³/mol. The molecule has 0 aromatic heterocycles. The van der Waals surface area contributed by atoms with Crippen LogP contribution >= 0.6 is 0 Å². The second-order valence-corrected chi connectivity index (χ2v) is 26.1. The standard InChI is InChI=1S/C58H97N5O41/c1-14(70)59-27-41(84)46(23(10-68)92-51(27)89)100-55-31(63-18(5)74)42(85)47(24(11-69)97-55)101-56-45(88)48(102-58-50(43(86)35(78)22(9-67)96-58)104-54-30(62-17(4)73)40(83)34(77)21(8-66)95-54)37(80)26(98-56)13-91-57-49(103-53-29(61-16(3)72)39(82)33(76)20(7-65)94-53)44(87)36(79)25(99-57)12-90-52-28(60-15(2)71)38(81)32(75)19(6-64)93-52/h19-58,64-69,75-89H,6-13H2,1-5H3,(H,59,70)(H,60,71)(H,61,72)(H,62,73)(H,63,74)/t19-,20-,21-,22-,23-,24-,25-,26-,27-,28-,29-,30-,31-,32-,33-,34-,35-,36-,37-,38-,39-,40-,41-,42-,43+,44+,45+,46-,47-,48+,49+,50+,51-,52-,53+,54+,55+,56+,57+,58-/m1/s1. The lowest BCUT2D eigenvalue weighted by molar-refractivity contribution is -0.396. The Kier molecular flexibility index (Phi) is 30.9. The molecule has 8 heterocycles. The molecule has 0 aromatic carbocycles. The minimum absolute atomic E-state index is 0.775. The Hall–Kier alpha value is -4.09. The highest BCUT2D eigenvalue weighted by molar-refractivity contribution is 5.75. The Bertz CT molecular complexity index is 2770. The molecule has 8 aliphatic rings. The molecule has 0 saturated carbocycles. The van der Waals surface area contributed by atoms with E-state index >= 15 is 0 Å². The summed E-state index contributed by atoms with van der Waals surface area (Å²) in [5, 5.41) is 246. The van der Waals surface area contributed by atoms with Crippen LogP contribution in [0.1, 0.15) is 34.6 Å². The van der Waals surface area contributed by atoms with Gasteiger partial charge in [0.15, 0.2) is 50.3 Å². The Balaban J connectivity index is 1.18. The lowest BCUT2D eigenvalue weighted by Gasteiger charge is -2.51. The fourth-order valence-electron chi connectivity index (χ4n) is 13.3. The molecule has 104 heavy (non-hydrogen) atoms. The molecule has 0 unspecified atom stereocenters. The maximum atomic E-state index is 13.0. The number of hydrogen-bond donors (Lipinski definition) is 26. The number of carbonyl (C=O) groups excluding carboxylic acids is 5. The van der Waals surface area contributed by atoms with Gasteiger partial charge in [-0.05, 0) is 0 Å². The van der Waals surface area contributed by atoms with Gasteiger partial charge in [-0.3, -0.25) is 24.0 Å². The molecule has 0 aliphatic carbocycles. The van der Waals surface area contributed by atoms with E-state index in [0.717, 1.165) is 34.6 Å². The van der Waals surface area contributed by atoms with Gasteiger partial charge in [0.1, 0.15) is 195 Å². The van der Waals surface area contributed by atoms with Crippen LogP contribution in [0.3, 0.4) is 0 Å². The van der Waals surface area contributed by atoms with Crippen molar-refractivity contribution in [1.82, 2.24) is 26.6 Å². The van der Waals surface area contributed by atoms with Crippen LogP contribution in [0.15, 0.2) is 0 Å². The molecule has 0 bridgehead atoms. The van der Waals surface area contributed by atoms with Gasteiger partial charge in [-0.1, -0.05) is 0 Å². The van der Waals surface area contributed by atoms with Crippen molar-refractivity contribution in [3.63, 3.8) is 0 Å². The Labute approximate surface area is 589 Å². The van der Waals surface area contributed by atoms with Gasteiger partial charge in [0.2, 0.25) is 29.5 Å². The molecular weight excluding hydrogens is 1420 g/mol. The molecule has 8 saturated heterocycles. The number of rotatable bonds is 27. The molecule has 8 fully saturated rings. The summed E-state index contributed by atoms with van der Waals surface area (Å²) in [5.74, 6) is -4.21. The minimum atomic E-state index is -2.53. The topological polar surface area (TPSA) is 709 Å². The minimum Gasteiger partial charge on any atom is -0.394 e. The van der Waals surface area contributed by atoms with E-state index in [1.165, 1.54) is 0 Å². The van der Waals surface area contributed by atoms with Crippen molar-refractivity contribution < 1.29 is 202 Å². The van der Waals surface area contributed by atoms with Crippen molar-refractivity contribution >= 4 is 29.5 Å². The van der Waals surface area contributed by atoms with E-state index in [-0.39, 0.29) is 0 Å². The average molecular weight is 1520 g/mol. The number of aliphatic hydroxyl groups excluding tert-OH is 21. The fourth-order valence-corrected chi connectivity index (χ4v) is 13.3. The summed E-state index contributed by atoms with van der Waals surface area (Å²) in [7, 11) is 0. The van der Waals surface area contributed by atoms with Crippen molar-refractivity contribution in [2.75, 3.05) is 52.9 Å². The molecule has 46 heteroatoms. The van der Waals surface area contributed by atoms with Crippen molar-refractivity contribution in [3.05, 3.63) is 0 Å². The highest BCUT2D eigenvalue weighted by Gasteiger charge is 2.60. The predicted octanol–water partition coefficient (Wildman–Crippen LogP) is -17.7. The first-order valence-electron chi connectivity index (χ1n) is 33.1. The van der Waals surface area contributed by atoms with E-state index in [1.807, 2.05) is 0 Å². The molecule has 0 aromatic rings. The van der Waals surface area contributed by atoms with E-state index in [9.17, 15) is 131 Å². The molecule has 0 spiro atoms. The highest BCUT2D eigenvalue weighted by Crippen LogP contribution is 2.39. The summed E-state index contributed by atoms with van der Waals surface area (Å²) < 4.78 is 89.4. The first kappa shape index (κ1) is 85.5. The zero-order valence-electron chi connectivity index (χ0n) is 56.3. The Morgan fingerprint density at radius 3 is 0.942 bits per heavy atom. The third-order valence-electron chi connectivity index (χ3n) is 18.6. The zero-order valence-corrected chi connectivity index (χ0v) is 56.3. The molecule has 5 amide bonds. The molecule has 46 nitrogen and oxygen atoms in total. The van der Waals surface area contributed by atoms with Crippen LogP contribution in [-0.4, -0.2) is 435 Å². The number of aliphatic hydroxyl groups is 21. The Morgan fingerprint density at radius 1 is 0.250 bits per heavy atom. The van der Waals surface area contributed by atoms with Gasteiger partial charge in [0.25, 0.3) is 0 Å². The SMILES string of the molecule is CC(=O)N[C@@H]1[C@@H](O)[C@H](O[C@@H]2O[C@H](CO)[C@@H](O[C@@H]3O[C@H](CO[C@H]4O[C@H](CO[C@@H]5O[C@H](CO)[C@@H](O)[C@H](O)[C@H]5NC(C)=O)[C@@H](O)[C@H](O)[C@@H]4O[C@@H]4O[C@H](CO)[C@@H](O)[C@H](O)[C@H]4NC(C)=O)[C@@H](O)[C@H](O[C@H]4O[C@H](CO)[C@@H](O)[C@H](O)[C@@H]4O[C@@H]4O[C@H](CO)[C@@H](O)[C@H](O)[C@H]4NC(C)=O)[C@@H]3O)[C@H](O)[C@H]2NC(C)=O)[C@@H](CO)O[C@H]1O. The van der Waals surface area contributed by atoms with Crippen LogP contribution in [-0.2, 0) is 95.0 Å². The fraction of sp³-hybridized carbons (Fsp3) is 0.914. The van der Waals surface area contributed by atoms with Crippen LogP contribution < -0.4 is 26.6 Å². The van der Waals surface area contributed by atoms with Crippen molar-refractivity contribution in [2.45, 2.75) is 280 Å². The second kappa shape index (κ2) is 37.5. The summed E-state index contributed by atoms with van der Waals surface area (Å²) in [6, 6.07) is -8.69. The first-order chi connectivity index (χ1) is 49.1. The normalized spacial score (nSPS) is 47.2. The van der Waals surface area contributed by atoms with Crippen LogP contribution in [0.2, 0.25) is 0 Å². The van der Waals surface area contributed by atoms with Gasteiger partial charge in [-0.15, -0.1) is 0 Å². The number of nitrogens with one attached hydrogen (secondary N) is 5. The largest absolute Gasteiger partial charge is 0.394 e. The number of carbonyl (C=O) groups is 5. The van der Waals surface area contributed by atoms with Gasteiger partial charge in [-0.25, -0.2) is 0 Å². The maximum Gasteiger partial charge on any atom is 0.217 e. The molecule has 0 radical (unpaired) electrons. The lowest BCUT2D eigenvalue weighted by Crippen LogP contribution is -2.70. The van der Waals surface area contributed by atoms with Crippen LogP contribution in [0.4, 0.5) is 0 Å². The monoisotopic (exact) mass is 1520 g/mol. The Morgan fingerprint density at radius 2 is 0.519 bits per heavy atom. The molecule has 26 N–H and O–H groups in total. The van der Waals surface area contributed by atoms with Crippen molar-refractivity contribution in [1.29, 1.82) is 0 Å². The average Bonchev–Trinajstić information content (AvgIpc) is 0.770. The van der Waals surface area contributed by atoms with E-state index in [4.69, 9.17) is 71.1 Å².